The molecule has 0 bridgehead atoms. The van der Waals surface area contributed by atoms with Crippen LogP contribution in [0.5, 0.6) is 0 Å². The fourth-order valence-electron chi connectivity index (χ4n) is 2.42. The number of carbonyl (C=O) groups is 1. The average Bonchev–Trinajstić information content (AvgIpc) is 2.16. The molecule has 1 aliphatic carbocycles. The van der Waals surface area contributed by atoms with E-state index in [1.54, 1.807) is 6.08 Å². The van der Waals surface area contributed by atoms with Crippen molar-refractivity contribution in [3.8, 4) is 0 Å². The molecule has 0 heterocycles. The summed E-state index contributed by atoms with van der Waals surface area (Å²) in [6, 6.07) is 0.433. The van der Waals surface area contributed by atoms with Crippen molar-refractivity contribution in [1.82, 2.24) is 4.90 Å². The molecule has 86 valence electrons. The summed E-state index contributed by atoms with van der Waals surface area (Å²) in [4.78, 5) is 12.8. The Balaban J connectivity index is 2.52. The first-order valence-corrected chi connectivity index (χ1v) is 5.70. The van der Waals surface area contributed by atoms with E-state index in [0.29, 0.717) is 12.6 Å². The van der Waals surface area contributed by atoms with Gasteiger partial charge in [-0.15, -0.1) is 6.58 Å². The van der Waals surface area contributed by atoms with Gasteiger partial charge in [0.25, 0.3) is 0 Å². The van der Waals surface area contributed by atoms with E-state index in [0.717, 1.165) is 18.8 Å². The number of carboxylic acids is 1. The highest BCUT2D eigenvalue weighted by Gasteiger charge is 2.25. The molecule has 0 aromatic carbocycles. The number of hydrogen-bond acceptors (Lipinski definition) is 2. The minimum Gasteiger partial charge on any atom is -0.480 e. The van der Waals surface area contributed by atoms with Gasteiger partial charge < -0.3 is 5.11 Å². The second-order valence-electron chi connectivity index (χ2n) is 4.54. The van der Waals surface area contributed by atoms with E-state index < -0.39 is 5.97 Å². The summed E-state index contributed by atoms with van der Waals surface area (Å²) < 4.78 is 0. The lowest BCUT2D eigenvalue weighted by Crippen LogP contribution is -2.41. The van der Waals surface area contributed by atoms with E-state index in [1.165, 1.54) is 12.8 Å². The van der Waals surface area contributed by atoms with Gasteiger partial charge in [-0.2, -0.15) is 0 Å². The van der Waals surface area contributed by atoms with Gasteiger partial charge in [-0.05, 0) is 18.8 Å². The van der Waals surface area contributed by atoms with Crippen molar-refractivity contribution in [3.63, 3.8) is 0 Å². The van der Waals surface area contributed by atoms with E-state index in [2.05, 4.69) is 13.5 Å². The van der Waals surface area contributed by atoms with Gasteiger partial charge in [0.15, 0.2) is 0 Å². The van der Waals surface area contributed by atoms with Gasteiger partial charge in [0.1, 0.15) is 0 Å². The van der Waals surface area contributed by atoms with Gasteiger partial charge in [0.2, 0.25) is 0 Å². The molecule has 1 saturated carbocycles. The van der Waals surface area contributed by atoms with E-state index in [1.807, 2.05) is 4.90 Å². The van der Waals surface area contributed by atoms with Gasteiger partial charge in [0.05, 0.1) is 6.54 Å². The molecule has 0 amide bonds. The smallest absolute Gasteiger partial charge is 0.317 e. The molecule has 0 spiro atoms. The summed E-state index contributed by atoms with van der Waals surface area (Å²) in [5, 5.41) is 8.83. The summed E-state index contributed by atoms with van der Waals surface area (Å²) in [6.07, 6.45) is 6.55. The summed E-state index contributed by atoms with van der Waals surface area (Å²) in [5.74, 6) is -0.0139. The molecular weight excluding hydrogens is 190 g/mol. The van der Waals surface area contributed by atoms with Crippen LogP contribution in [-0.4, -0.2) is 35.1 Å². The average molecular weight is 211 g/mol. The molecule has 3 heteroatoms. The fourth-order valence-corrected chi connectivity index (χ4v) is 2.42. The molecular formula is C12H21NO2. The molecule has 0 aliphatic heterocycles. The highest BCUT2D eigenvalue weighted by molar-refractivity contribution is 5.69. The lowest BCUT2D eigenvalue weighted by molar-refractivity contribution is -0.139. The lowest BCUT2D eigenvalue weighted by atomic mass is 9.86. The van der Waals surface area contributed by atoms with Gasteiger partial charge >= 0.3 is 5.97 Å². The van der Waals surface area contributed by atoms with Crippen molar-refractivity contribution >= 4 is 5.97 Å². The third kappa shape index (κ3) is 4.04. The van der Waals surface area contributed by atoms with E-state index in [9.17, 15) is 4.79 Å². The molecule has 0 saturated heterocycles. The molecule has 3 nitrogen and oxygen atoms in total. The largest absolute Gasteiger partial charge is 0.480 e. The lowest BCUT2D eigenvalue weighted by Gasteiger charge is -2.35. The van der Waals surface area contributed by atoms with Crippen LogP contribution in [0.3, 0.4) is 0 Å². The Morgan fingerprint density at radius 2 is 2.33 bits per heavy atom. The zero-order chi connectivity index (χ0) is 11.3. The highest BCUT2D eigenvalue weighted by Crippen LogP contribution is 2.27. The maximum absolute atomic E-state index is 10.7. The zero-order valence-electron chi connectivity index (χ0n) is 9.48. The number of rotatable bonds is 5. The van der Waals surface area contributed by atoms with Crippen molar-refractivity contribution in [1.29, 1.82) is 0 Å². The van der Waals surface area contributed by atoms with Crippen molar-refractivity contribution < 1.29 is 9.90 Å². The highest BCUT2D eigenvalue weighted by atomic mass is 16.4. The Morgan fingerprint density at radius 1 is 1.60 bits per heavy atom. The summed E-state index contributed by atoms with van der Waals surface area (Å²) in [7, 11) is 0. The van der Waals surface area contributed by atoms with Crippen molar-refractivity contribution in [2.45, 2.75) is 38.6 Å². The molecule has 2 atom stereocenters. The second-order valence-corrected chi connectivity index (χ2v) is 4.54. The number of aliphatic carboxylic acids is 1. The first-order valence-electron chi connectivity index (χ1n) is 5.70. The molecule has 1 fully saturated rings. The van der Waals surface area contributed by atoms with Gasteiger partial charge in [0, 0.05) is 12.6 Å². The Kier molecular flexibility index (Phi) is 4.82. The predicted octanol–water partition coefficient (Wildman–Crippen LogP) is 2.14. The Hall–Kier alpha value is -0.830. The fraction of sp³-hybridized carbons (Fsp3) is 0.750. The van der Waals surface area contributed by atoms with Crippen LogP contribution in [0.4, 0.5) is 0 Å². The number of carboxylic acid groups (broad SMARTS) is 1. The quantitative estimate of drug-likeness (QED) is 0.708. The van der Waals surface area contributed by atoms with E-state index in [4.69, 9.17) is 5.11 Å². The molecule has 0 aromatic heterocycles. The Labute approximate surface area is 91.8 Å². The van der Waals surface area contributed by atoms with Crippen LogP contribution in [-0.2, 0) is 4.79 Å². The van der Waals surface area contributed by atoms with Crippen LogP contribution >= 0.6 is 0 Å². The minimum absolute atomic E-state index is 0.142. The van der Waals surface area contributed by atoms with Crippen LogP contribution < -0.4 is 0 Å². The standard InChI is InChI=1S/C12H21NO2/c1-3-7-13(9-12(14)15)11-6-4-5-10(2)8-11/h3,10-11H,1,4-9H2,2H3,(H,14,15). The van der Waals surface area contributed by atoms with Gasteiger partial charge in [-0.25, -0.2) is 0 Å². The second kappa shape index (κ2) is 5.91. The van der Waals surface area contributed by atoms with E-state index in [-0.39, 0.29) is 6.54 Å². The third-order valence-electron chi connectivity index (χ3n) is 3.13. The number of hydrogen-bond donors (Lipinski definition) is 1. The summed E-state index contributed by atoms with van der Waals surface area (Å²) >= 11 is 0. The molecule has 1 N–H and O–H groups in total. The van der Waals surface area contributed by atoms with Gasteiger partial charge in [-0.1, -0.05) is 25.8 Å². The molecule has 0 aromatic rings. The predicted molar refractivity (Wildman–Crippen MR) is 60.8 cm³/mol. The minimum atomic E-state index is -0.741. The van der Waals surface area contributed by atoms with Crippen molar-refractivity contribution in [2.24, 2.45) is 5.92 Å². The Bertz CT molecular complexity index is 228. The topological polar surface area (TPSA) is 40.5 Å². The monoisotopic (exact) mass is 211 g/mol. The van der Waals surface area contributed by atoms with Crippen LogP contribution in [0.25, 0.3) is 0 Å². The SMILES string of the molecule is C=CCN(CC(=O)O)C1CCCC(C)C1. The first kappa shape index (κ1) is 12.2. The van der Waals surface area contributed by atoms with E-state index >= 15 is 0 Å². The normalized spacial score (nSPS) is 26.5. The summed E-state index contributed by atoms with van der Waals surface area (Å²) in [6.45, 7) is 6.76. The molecule has 2 unspecified atom stereocenters. The van der Waals surface area contributed by atoms with Crippen LogP contribution in [0, 0.1) is 5.92 Å². The zero-order valence-corrected chi connectivity index (χ0v) is 9.48. The molecule has 15 heavy (non-hydrogen) atoms. The Morgan fingerprint density at radius 3 is 2.87 bits per heavy atom. The van der Waals surface area contributed by atoms with Gasteiger partial charge in [-0.3, -0.25) is 9.69 Å². The van der Waals surface area contributed by atoms with Crippen LogP contribution in [0.1, 0.15) is 32.6 Å². The molecule has 1 rings (SSSR count). The molecule has 0 radical (unpaired) electrons. The maximum atomic E-state index is 10.7. The van der Waals surface area contributed by atoms with Crippen molar-refractivity contribution in [3.05, 3.63) is 12.7 Å². The van der Waals surface area contributed by atoms with Crippen LogP contribution in [0.2, 0.25) is 0 Å². The van der Waals surface area contributed by atoms with Crippen LogP contribution in [0.15, 0.2) is 12.7 Å². The van der Waals surface area contributed by atoms with Crippen molar-refractivity contribution in [2.75, 3.05) is 13.1 Å². The maximum Gasteiger partial charge on any atom is 0.317 e. The molecule has 1 aliphatic rings. The summed E-state index contributed by atoms with van der Waals surface area (Å²) in [5.41, 5.74) is 0. The first-order chi connectivity index (χ1) is 7.13. The third-order valence-corrected chi connectivity index (χ3v) is 3.13. The number of nitrogens with zero attached hydrogens (tertiary/aromatic N) is 1.